The number of nitrogens with zero attached hydrogens (tertiary/aromatic N) is 6. The van der Waals surface area contributed by atoms with Crippen LogP contribution >= 0.6 is 0 Å². The lowest BCUT2D eigenvalue weighted by atomic mass is 9.97. The fraction of sp³-hybridized carbons (Fsp3) is 0.160. The Morgan fingerprint density at radius 3 is 2.64 bits per heavy atom. The Morgan fingerprint density at radius 1 is 1.12 bits per heavy atom. The highest BCUT2D eigenvalue weighted by atomic mass is 16.5. The van der Waals surface area contributed by atoms with Gasteiger partial charge < -0.3 is 4.74 Å². The third-order valence-electron chi connectivity index (χ3n) is 5.68. The van der Waals surface area contributed by atoms with E-state index in [9.17, 15) is 4.79 Å². The molecule has 0 aliphatic carbocycles. The molecular weight excluding hydrogens is 416 g/mol. The number of benzene rings is 3. The van der Waals surface area contributed by atoms with Gasteiger partial charge in [-0.25, -0.2) is 14.7 Å². The van der Waals surface area contributed by atoms with Crippen LogP contribution in [0.2, 0.25) is 0 Å². The van der Waals surface area contributed by atoms with Gasteiger partial charge in [-0.15, -0.1) is 5.10 Å². The number of aromatic nitrogens is 3. The molecule has 0 spiro atoms. The van der Waals surface area contributed by atoms with Crippen LogP contribution in [0.25, 0.3) is 10.8 Å². The Bertz CT molecular complexity index is 1400. The van der Waals surface area contributed by atoms with E-state index in [1.54, 1.807) is 7.11 Å². The zero-order chi connectivity index (χ0) is 22.8. The van der Waals surface area contributed by atoms with Crippen LogP contribution in [0.4, 0.5) is 0 Å². The second-order valence-electron chi connectivity index (χ2n) is 7.72. The smallest absolute Gasteiger partial charge is 0.265 e. The highest BCUT2D eigenvalue weighted by Gasteiger charge is 2.33. The van der Waals surface area contributed by atoms with Gasteiger partial charge in [-0.05, 0) is 40.1 Å². The third kappa shape index (κ3) is 4.04. The SMILES string of the molecule is COc1ccc([C@H]2CC(c3ccc4ccccc4c3)=NN2C(=O)Cn2cnc(C#N)n2)cc1. The molecule has 33 heavy (non-hydrogen) atoms. The number of carbonyl (C=O) groups excluding carboxylic acids is 1. The summed E-state index contributed by atoms with van der Waals surface area (Å²) in [5.41, 5.74) is 2.78. The predicted octanol–water partition coefficient (Wildman–Crippen LogP) is 3.69. The van der Waals surface area contributed by atoms with Crippen molar-refractivity contribution in [3.8, 4) is 11.8 Å². The minimum Gasteiger partial charge on any atom is -0.497 e. The number of methoxy groups -OCH3 is 1. The van der Waals surface area contributed by atoms with Crippen molar-refractivity contribution >= 4 is 22.4 Å². The summed E-state index contributed by atoms with van der Waals surface area (Å²) in [6.45, 7) is -0.0597. The lowest BCUT2D eigenvalue weighted by Gasteiger charge is -2.22. The van der Waals surface area contributed by atoms with Gasteiger partial charge in [0.05, 0.1) is 18.9 Å². The molecule has 1 atom stereocenters. The molecule has 0 fully saturated rings. The summed E-state index contributed by atoms with van der Waals surface area (Å²) in [6.07, 6.45) is 1.96. The second-order valence-corrected chi connectivity index (χ2v) is 7.72. The van der Waals surface area contributed by atoms with Crippen molar-refractivity contribution in [2.75, 3.05) is 7.11 Å². The fourth-order valence-electron chi connectivity index (χ4n) is 4.00. The topological polar surface area (TPSA) is 96.4 Å². The van der Waals surface area contributed by atoms with E-state index in [0.717, 1.165) is 33.4 Å². The van der Waals surface area contributed by atoms with Crippen LogP contribution in [0.5, 0.6) is 5.75 Å². The summed E-state index contributed by atoms with van der Waals surface area (Å²) in [6, 6.07) is 23.6. The second kappa shape index (κ2) is 8.55. The Morgan fingerprint density at radius 2 is 1.91 bits per heavy atom. The summed E-state index contributed by atoms with van der Waals surface area (Å²) >= 11 is 0. The van der Waals surface area contributed by atoms with Gasteiger partial charge in [-0.1, -0.05) is 48.5 Å². The van der Waals surface area contributed by atoms with Crippen LogP contribution in [0, 0.1) is 11.3 Å². The van der Waals surface area contributed by atoms with Crippen molar-refractivity contribution in [1.82, 2.24) is 19.8 Å². The summed E-state index contributed by atoms with van der Waals surface area (Å²) in [5.74, 6) is 0.536. The fourth-order valence-corrected chi connectivity index (χ4v) is 4.00. The molecule has 0 bridgehead atoms. The van der Waals surface area contributed by atoms with Gasteiger partial charge in [-0.2, -0.15) is 10.4 Å². The van der Waals surface area contributed by atoms with Gasteiger partial charge in [0, 0.05) is 6.42 Å². The average Bonchev–Trinajstić information content (AvgIpc) is 3.51. The van der Waals surface area contributed by atoms with Crippen molar-refractivity contribution < 1.29 is 9.53 Å². The van der Waals surface area contributed by atoms with E-state index in [4.69, 9.17) is 15.1 Å². The number of ether oxygens (including phenoxy) is 1. The molecule has 1 aromatic heterocycles. The molecule has 4 aromatic rings. The number of hydrogen-bond donors (Lipinski definition) is 0. The first-order valence-corrected chi connectivity index (χ1v) is 10.5. The molecule has 8 heteroatoms. The Balaban J connectivity index is 1.48. The molecule has 162 valence electrons. The standard InChI is InChI=1S/C25H20N6O2/c1-33-21-10-8-18(9-11-21)23-13-22(20-7-6-17-4-2-3-5-19(17)12-20)28-31(23)25(32)15-30-16-27-24(14-26)29-30/h2-12,16,23H,13,15H2,1H3/t23-/m1/s1. The van der Waals surface area contributed by atoms with Crippen LogP contribution < -0.4 is 4.74 Å². The van der Waals surface area contributed by atoms with Crippen molar-refractivity contribution in [2.24, 2.45) is 5.10 Å². The van der Waals surface area contributed by atoms with Crippen molar-refractivity contribution in [2.45, 2.75) is 19.0 Å². The van der Waals surface area contributed by atoms with E-state index in [2.05, 4.69) is 34.3 Å². The van der Waals surface area contributed by atoms with Gasteiger partial charge >= 0.3 is 0 Å². The van der Waals surface area contributed by atoms with Gasteiger partial charge in [0.2, 0.25) is 0 Å². The van der Waals surface area contributed by atoms with E-state index in [0.29, 0.717) is 6.42 Å². The predicted molar refractivity (Wildman–Crippen MR) is 122 cm³/mol. The van der Waals surface area contributed by atoms with E-state index in [-0.39, 0.29) is 24.3 Å². The van der Waals surface area contributed by atoms with Crippen molar-refractivity contribution in [3.05, 3.63) is 90.0 Å². The maximum absolute atomic E-state index is 13.2. The molecule has 1 amide bonds. The van der Waals surface area contributed by atoms with Crippen LogP contribution in [-0.4, -0.2) is 38.5 Å². The molecule has 5 rings (SSSR count). The quantitative estimate of drug-likeness (QED) is 0.475. The summed E-state index contributed by atoms with van der Waals surface area (Å²) in [4.78, 5) is 17.1. The number of fused-ring (bicyclic) bond motifs is 1. The summed E-state index contributed by atoms with van der Waals surface area (Å²) < 4.78 is 6.63. The third-order valence-corrected chi connectivity index (χ3v) is 5.68. The molecule has 1 aliphatic heterocycles. The molecule has 8 nitrogen and oxygen atoms in total. The number of nitriles is 1. The Kier molecular flexibility index (Phi) is 5.29. The van der Waals surface area contributed by atoms with E-state index in [1.807, 2.05) is 48.5 Å². The zero-order valence-corrected chi connectivity index (χ0v) is 17.9. The van der Waals surface area contributed by atoms with Crippen LogP contribution in [-0.2, 0) is 11.3 Å². The minimum atomic E-state index is -0.260. The highest BCUT2D eigenvalue weighted by Crippen LogP contribution is 2.34. The monoisotopic (exact) mass is 436 g/mol. The lowest BCUT2D eigenvalue weighted by Crippen LogP contribution is -2.30. The van der Waals surface area contributed by atoms with Gasteiger partial charge in [0.1, 0.15) is 24.7 Å². The lowest BCUT2D eigenvalue weighted by molar-refractivity contribution is -0.133. The van der Waals surface area contributed by atoms with Crippen LogP contribution in [0.15, 0.2) is 78.2 Å². The molecule has 0 saturated heterocycles. The normalized spacial score (nSPS) is 15.3. The summed E-state index contributed by atoms with van der Waals surface area (Å²) in [7, 11) is 1.62. The first kappa shape index (κ1) is 20.4. The van der Waals surface area contributed by atoms with Gasteiger partial charge in [0.25, 0.3) is 11.7 Å². The Labute approximate surface area is 190 Å². The molecule has 0 radical (unpaired) electrons. The number of rotatable bonds is 5. The molecule has 3 aromatic carbocycles. The summed E-state index contributed by atoms with van der Waals surface area (Å²) in [5, 5.41) is 21.5. The zero-order valence-electron chi connectivity index (χ0n) is 17.9. The average molecular weight is 436 g/mol. The molecule has 0 N–H and O–H groups in total. The number of carbonyl (C=O) groups is 1. The molecule has 0 unspecified atom stereocenters. The minimum absolute atomic E-state index is 0.0243. The molecule has 1 aliphatic rings. The van der Waals surface area contributed by atoms with E-state index in [1.165, 1.54) is 16.0 Å². The molecule has 0 saturated carbocycles. The van der Waals surface area contributed by atoms with Crippen LogP contribution in [0.1, 0.15) is 29.4 Å². The van der Waals surface area contributed by atoms with E-state index >= 15 is 0 Å². The number of hydrogen-bond acceptors (Lipinski definition) is 6. The van der Waals surface area contributed by atoms with Crippen LogP contribution in [0.3, 0.4) is 0 Å². The van der Waals surface area contributed by atoms with E-state index < -0.39 is 0 Å². The van der Waals surface area contributed by atoms with Gasteiger partial charge in [0.15, 0.2) is 0 Å². The number of hydrazone groups is 1. The first-order valence-electron chi connectivity index (χ1n) is 10.5. The largest absolute Gasteiger partial charge is 0.497 e. The maximum Gasteiger partial charge on any atom is 0.265 e. The molecule has 2 heterocycles. The van der Waals surface area contributed by atoms with Gasteiger partial charge in [-0.3, -0.25) is 4.79 Å². The number of amides is 1. The Hall–Kier alpha value is -4.51. The molecular formula is C25H20N6O2. The highest BCUT2D eigenvalue weighted by molar-refractivity contribution is 6.05. The van der Waals surface area contributed by atoms with Crippen molar-refractivity contribution in [1.29, 1.82) is 5.26 Å². The maximum atomic E-state index is 13.2. The van der Waals surface area contributed by atoms with Crippen molar-refractivity contribution in [3.63, 3.8) is 0 Å². The first-order chi connectivity index (χ1) is 16.1.